The van der Waals surface area contributed by atoms with Gasteiger partial charge in [-0.2, -0.15) is 0 Å². The van der Waals surface area contributed by atoms with Gasteiger partial charge in [-0.05, 0) is 29.8 Å². The van der Waals surface area contributed by atoms with Crippen LogP contribution < -0.4 is 0 Å². The highest BCUT2D eigenvalue weighted by atomic mass is 35.5. The molecule has 26 heavy (non-hydrogen) atoms. The minimum absolute atomic E-state index is 0.184. The third kappa shape index (κ3) is 3.11. The Morgan fingerprint density at radius 2 is 1.81 bits per heavy atom. The largest absolute Gasteiger partial charge is 0.419 e. The fourth-order valence-corrected chi connectivity index (χ4v) is 3.27. The van der Waals surface area contributed by atoms with Gasteiger partial charge in [0.2, 0.25) is 5.89 Å². The number of halogens is 2. The highest BCUT2D eigenvalue weighted by Gasteiger charge is 2.18. The molecule has 0 saturated heterocycles. The molecule has 0 atom stereocenters. The van der Waals surface area contributed by atoms with E-state index in [9.17, 15) is 0 Å². The molecule has 4 aromatic rings. The molecule has 2 aromatic heterocycles. The van der Waals surface area contributed by atoms with Crippen molar-refractivity contribution in [1.29, 1.82) is 0 Å². The molecule has 4 rings (SSSR count). The average Bonchev–Trinajstić information content (AvgIpc) is 3.24. The Kier molecular flexibility index (Phi) is 4.47. The van der Waals surface area contributed by atoms with Gasteiger partial charge in [0.25, 0.3) is 5.89 Å². The second-order valence-electron chi connectivity index (χ2n) is 6.52. The molecule has 0 fully saturated rings. The maximum atomic E-state index is 6.19. The Morgan fingerprint density at radius 3 is 2.54 bits per heavy atom. The van der Waals surface area contributed by atoms with Gasteiger partial charge >= 0.3 is 0 Å². The SMILES string of the molecule is CC(C)c1nnc(-c2cc3ccccc3n2Cc2ccc(Cl)c(Cl)c2)o1. The molecule has 0 radical (unpaired) electrons. The summed E-state index contributed by atoms with van der Waals surface area (Å²) in [6.45, 7) is 4.68. The first-order valence-corrected chi connectivity index (χ1v) is 9.14. The van der Waals surface area contributed by atoms with E-state index in [4.69, 9.17) is 27.6 Å². The summed E-state index contributed by atoms with van der Waals surface area (Å²) in [6.07, 6.45) is 0. The first-order chi connectivity index (χ1) is 12.5. The van der Waals surface area contributed by atoms with Crippen LogP contribution in [0.2, 0.25) is 10.0 Å². The van der Waals surface area contributed by atoms with Gasteiger partial charge < -0.3 is 8.98 Å². The van der Waals surface area contributed by atoms with E-state index in [1.807, 2.05) is 44.2 Å². The maximum Gasteiger partial charge on any atom is 0.264 e. The molecule has 6 heteroatoms. The monoisotopic (exact) mass is 385 g/mol. The van der Waals surface area contributed by atoms with Gasteiger partial charge in [-0.25, -0.2) is 0 Å². The normalized spacial score (nSPS) is 11.6. The summed E-state index contributed by atoms with van der Waals surface area (Å²) in [7, 11) is 0. The average molecular weight is 386 g/mol. The molecule has 0 bridgehead atoms. The Balaban J connectivity index is 1.84. The molecule has 0 unspecified atom stereocenters. The number of aromatic nitrogens is 3. The van der Waals surface area contributed by atoms with Gasteiger partial charge in [0.15, 0.2) is 0 Å². The summed E-state index contributed by atoms with van der Waals surface area (Å²) in [5.41, 5.74) is 3.03. The Hall–Kier alpha value is -2.30. The number of para-hydroxylation sites is 1. The summed E-state index contributed by atoms with van der Waals surface area (Å²) in [6, 6.07) is 15.9. The van der Waals surface area contributed by atoms with Crippen LogP contribution >= 0.6 is 23.2 Å². The van der Waals surface area contributed by atoms with Crippen LogP contribution in [0.25, 0.3) is 22.5 Å². The summed E-state index contributed by atoms with van der Waals surface area (Å²) >= 11 is 12.2. The van der Waals surface area contributed by atoms with Gasteiger partial charge in [0, 0.05) is 23.4 Å². The molecule has 0 amide bonds. The minimum Gasteiger partial charge on any atom is -0.419 e. The molecule has 132 valence electrons. The molecule has 0 spiro atoms. The van der Waals surface area contributed by atoms with E-state index in [0.29, 0.717) is 28.4 Å². The summed E-state index contributed by atoms with van der Waals surface area (Å²) in [5, 5.41) is 10.6. The first-order valence-electron chi connectivity index (χ1n) is 8.39. The van der Waals surface area contributed by atoms with E-state index in [-0.39, 0.29) is 5.92 Å². The van der Waals surface area contributed by atoms with Crippen molar-refractivity contribution in [1.82, 2.24) is 14.8 Å². The lowest BCUT2D eigenvalue weighted by Crippen LogP contribution is -2.02. The molecule has 0 aliphatic heterocycles. The maximum absolute atomic E-state index is 6.19. The van der Waals surface area contributed by atoms with Gasteiger partial charge in [-0.1, -0.05) is 61.3 Å². The molecule has 0 aliphatic carbocycles. The lowest BCUT2D eigenvalue weighted by Gasteiger charge is -2.10. The van der Waals surface area contributed by atoms with Crippen LogP contribution in [-0.4, -0.2) is 14.8 Å². The molecular formula is C20H17Cl2N3O. The van der Waals surface area contributed by atoms with Crippen LogP contribution in [0, 0.1) is 0 Å². The van der Waals surface area contributed by atoms with Crippen LogP contribution in [0.3, 0.4) is 0 Å². The lowest BCUT2D eigenvalue weighted by atomic mass is 10.2. The summed E-state index contributed by atoms with van der Waals surface area (Å²) in [5.74, 6) is 1.33. The fourth-order valence-electron chi connectivity index (χ4n) is 2.95. The number of hydrogen-bond acceptors (Lipinski definition) is 3. The van der Waals surface area contributed by atoms with Crippen molar-refractivity contribution in [2.45, 2.75) is 26.3 Å². The number of benzene rings is 2. The topological polar surface area (TPSA) is 43.9 Å². The van der Waals surface area contributed by atoms with E-state index in [1.54, 1.807) is 0 Å². The smallest absolute Gasteiger partial charge is 0.264 e. The van der Waals surface area contributed by atoms with Crippen LogP contribution in [0.4, 0.5) is 0 Å². The van der Waals surface area contributed by atoms with Crippen molar-refractivity contribution < 1.29 is 4.42 Å². The van der Waals surface area contributed by atoms with Crippen molar-refractivity contribution in [3.63, 3.8) is 0 Å². The molecule has 2 aromatic carbocycles. The van der Waals surface area contributed by atoms with E-state index < -0.39 is 0 Å². The summed E-state index contributed by atoms with van der Waals surface area (Å²) in [4.78, 5) is 0. The zero-order chi connectivity index (χ0) is 18.3. The second-order valence-corrected chi connectivity index (χ2v) is 7.34. The lowest BCUT2D eigenvalue weighted by molar-refractivity contribution is 0.478. The highest BCUT2D eigenvalue weighted by Crippen LogP contribution is 2.30. The van der Waals surface area contributed by atoms with Crippen molar-refractivity contribution >= 4 is 34.1 Å². The Bertz CT molecular complexity index is 1080. The van der Waals surface area contributed by atoms with Gasteiger partial charge in [0.05, 0.1) is 10.0 Å². The fraction of sp³-hybridized carbons (Fsp3) is 0.200. The summed E-state index contributed by atoms with van der Waals surface area (Å²) < 4.78 is 8.05. The third-order valence-corrected chi connectivity index (χ3v) is 5.03. The Labute approximate surface area is 161 Å². The zero-order valence-electron chi connectivity index (χ0n) is 14.4. The van der Waals surface area contributed by atoms with Crippen molar-refractivity contribution in [3.05, 3.63) is 70.0 Å². The zero-order valence-corrected chi connectivity index (χ0v) is 15.9. The molecule has 2 heterocycles. The van der Waals surface area contributed by atoms with Gasteiger partial charge in [-0.15, -0.1) is 10.2 Å². The molecular weight excluding hydrogens is 369 g/mol. The standard InChI is InChI=1S/C20H17Cl2N3O/c1-12(2)19-23-24-20(26-19)18-10-14-5-3-4-6-17(14)25(18)11-13-7-8-15(21)16(22)9-13/h3-10,12H,11H2,1-2H3. The van der Waals surface area contributed by atoms with Crippen molar-refractivity contribution in [2.75, 3.05) is 0 Å². The van der Waals surface area contributed by atoms with Crippen LogP contribution in [-0.2, 0) is 6.54 Å². The molecule has 4 nitrogen and oxygen atoms in total. The van der Waals surface area contributed by atoms with E-state index in [0.717, 1.165) is 22.2 Å². The Morgan fingerprint density at radius 1 is 1.00 bits per heavy atom. The predicted octanol–water partition coefficient (Wildman–Crippen LogP) is 6.17. The van der Waals surface area contributed by atoms with E-state index in [2.05, 4.69) is 33.0 Å². The molecule has 0 N–H and O–H groups in total. The van der Waals surface area contributed by atoms with Gasteiger partial charge in [-0.3, -0.25) is 0 Å². The number of rotatable bonds is 4. The van der Waals surface area contributed by atoms with Crippen molar-refractivity contribution in [2.24, 2.45) is 0 Å². The molecule has 0 saturated carbocycles. The predicted molar refractivity (Wildman–Crippen MR) is 105 cm³/mol. The third-order valence-electron chi connectivity index (χ3n) is 4.29. The van der Waals surface area contributed by atoms with E-state index >= 15 is 0 Å². The number of nitrogens with zero attached hydrogens (tertiary/aromatic N) is 3. The van der Waals surface area contributed by atoms with Crippen LogP contribution in [0.15, 0.2) is 52.9 Å². The quantitative estimate of drug-likeness (QED) is 0.421. The highest BCUT2D eigenvalue weighted by molar-refractivity contribution is 6.42. The number of hydrogen-bond donors (Lipinski definition) is 0. The first kappa shape index (κ1) is 17.1. The van der Waals surface area contributed by atoms with E-state index in [1.165, 1.54) is 0 Å². The van der Waals surface area contributed by atoms with Crippen LogP contribution in [0.5, 0.6) is 0 Å². The number of fused-ring (bicyclic) bond motifs is 1. The van der Waals surface area contributed by atoms with Crippen LogP contribution in [0.1, 0.15) is 31.2 Å². The van der Waals surface area contributed by atoms with Gasteiger partial charge in [0.1, 0.15) is 5.69 Å². The second kappa shape index (κ2) is 6.78. The minimum atomic E-state index is 0.184. The molecule has 0 aliphatic rings. The van der Waals surface area contributed by atoms with Crippen molar-refractivity contribution in [3.8, 4) is 11.6 Å².